The second kappa shape index (κ2) is 15.5. The largest absolute Gasteiger partial charge is 0.480 e. The van der Waals surface area contributed by atoms with E-state index in [2.05, 4.69) is 5.32 Å². The smallest absolute Gasteiger partial charge is 0.326 e. The number of benzene rings is 2. The third-order valence-corrected chi connectivity index (χ3v) is 11.4. The van der Waals surface area contributed by atoms with Gasteiger partial charge in [-0.15, -0.1) is 0 Å². The molecule has 13 heteroatoms. The highest BCUT2D eigenvalue weighted by atomic mass is 32.2. The maximum absolute atomic E-state index is 13.6. The van der Waals surface area contributed by atoms with Crippen molar-refractivity contribution in [3.63, 3.8) is 0 Å². The molecule has 0 bridgehead atoms. The van der Waals surface area contributed by atoms with Gasteiger partial charge in [0.15, 0.2) is 9.84 Å². The molecule has 0 radical (unpaired) electrons. The number of carbonyl (C=O) groups excluding carboxylic acids is 2. The average Bonchev–Trinajstić information content (AvgIpc) is 3.01. The summed E-state index contributed by atoms with van der Waals surface area (Å²) in [7, 11) is -6.59. The predicted molar refractivity (Wildman–Crippen MR) is 175 cm³/mol. The summed E-state index contributed by atoms with van der Waals surface area (Å²) >= 11 is 0. The third kappa shape index (κ3) is 10.1. The highest BCUT2D eigenvalue weighted by Crippen LogP contribution is 2.31. The van der Waals surface area contributed by atoms with Crippen LogP contribution in [0, 0.1) is 12.8 Å². The van der Waals surface area contributed by atoms with Gasteiger partial charge in [-0.25, -0.2) is 21.6 Å². The van der Waals surface area contributed by atoms with Gasteiger partial charge in [0.05, 0.1) is 23.9 Å². The van der Waals surface area contributed by atoms with Gasteiger partial charge in [-0.1, -0.05) is 62.4 Å². The number of hydrogen-bond donors (Lipinski definition) is 2. The first-order chi connectivity index (χ1) is 21.7. The Morgan fingerprint density at radius 1 is 1.02 bits per heavy atom. The number of aryl methyl sites for hydroxylation is 1. The van der Waals surface area contributed by atoms with E-state index in [0.717, 1.165) is 43.1 Å². The Kier molecular flexibility index (Phi) is 12.0. The van der Waals surface area contributed by atoms with Crippen LogP contribution >= 0.6 is 0 Å². The van der Waals surface area contributed by atoms with E-state index in [4.69, 9.17) is 4.74 Å². The summed E-state index contributed by atoms with van der Waals surface area (Å²) in [6, 6.07) is 11.1. The molecule has 1 saturated heterocycles. The zero-order chi connectivity index (χ0) is 33.5. The van der Waals surface area contributed by atoms with E-state index in [1.165, 1.54) is 6.42 Å². The molecule has 2 aliphatic rings. The Morgan fingerprint density at radius 3 is 2.33 bits per heavy atom. The van der Waals surface area contributed by atoms with Crippen LogP contribution in [-0.4, -0.2) is 93.4 Å². The number of sulfone groups is 2. The molecule has 11 nitrogen and oxygen atoms in total. The summed E-state index contributed by atoms with van der Waals surface area (Å²) in [4.78, 5) is 40.5. The molecule has 252 valence electrons. The van der Waals surface area contributed by atoms with Crippen LogP contribution < -0.4 is 5.32 Å². The lowest BCUT2D eigenvalue weighted by molar-refractivity contribution is -0.146. The van der Waals surface area contributed by atoms with Gasteiger partial charge in [0.25, 0.3) is 11.8 Å². The van der Waals surface area contributed by atoms with E-state index in [1.807, 2.05) is 31.2 Å². The minimum absolute atomic E-state index is 0.0603. The summed E-state index contributed by atoms with van der Waals surface area (Å²) in [5.41, 5.74) is 3.09. The number of aliphatic carboxylic acids is 1. The van der Waals surface area contributed by atoms with Crippen LogP contribution in [0.25, 0.3) is 11.1 Å². The van der Waals surface area contributed by atoms with Gasteiger partial charge < -0.3 is 20.1 Å². The molecule has 1 aliphatic carbocycles. The molecule has 2 N–H and O–H groups in total. The van der Waals surface area contributed by atoms with Crippen LogP contribution in [0.5, 0.6) is 0 Å². The van der Waals surface area contributed by atoms with Gasteiger partial charge in [-0.3, -0.25) is 9.59 Å². The molecule has 1 heterocycles. The second-order valence-electron chi connectivity index (χ2n) is 12.5. The van der Waals surface area contributed by atoms with Gasteiger partial charge >= 0.3 is 5.97 Å². The Labute approximate surface area is 271 Å². The first-order valence-electron chi connectivity index (χ1n) is 15.7. The number of carboxylic acids is 1. The van der Waals surface area contributed by atoms with Crippen LogP contribution in [0.15, 0.2) is 42.5 Å². The van der Waals surface area contributed by atoms with Crippen LogP contribution in [0.4, 0.5) is 0 Å². The van der Waals surface area contributed by atoms with Crippen LogP contribution in [-0.2, 0) is 40.6 Å². The fraction of sp³-hybridized carbons (Fsp3) is 0.545. The molecule has 2 unspecified atom stereocenters. The van der Waals surface area contributed by atoms with Crippen molar-refractivity contribution in [3.8, 4) is 11.1 Å². The standard InChI is InChI=1S/C33H44N2O9S2/c1-23-8-6-7-11-26(23)28-20-25(12-13-27(28)31(36)34-29(33(38)39)14-17-45(2,40)41)22-44-30(21-24-9-4-3-5-10-24)32(37)35-15-18-46(42,43)19-16-35/h6-8,11-13,20,24,29-30H,3-5,9-10,14-19,21-22H2,1-2H3,(H,34,36)(H,38,39). The molecule has 2 aromatic carbocycles. The van der Waals surface area contributed by atoms with Crippen molar-refractivity contribution in [2.75, 3.05) is 36.6 Å². The monoisotopic (exact) mass is 676 g/mol. The SMILES string of the molecule is Cc1ccccc1-c1cc(COC(CC2CCCCC2)C(=O)N2CCS(=O)(=O)CC2)ccc1C(=O)NC(CCS(C)(=O)=O)C(=O)O. The number of nitrogens with zero attached hydrogens (tertiary/aromatic N) is 1. The molecule has 2 aromatic rings. The summed E-state index contributed by atoms with van der Waals surface area (Å²) < 4.78 is 53.5. The Bertz CT molecular complexity index is 1620. The van der Waals surface area contributed by atoms with E-state index in [9.17, 15) is 36.3 Å². The number of rotatable bonds is 13. The minimum atomic E-state index is -3.44. The first-order valence-corrected chi connectivity index (χ1v) is 19.6. The Morgan fingerprint density at radius 2 is 1.70 bits per heavy atom. The summed E-state index contributed by atoms with van der Waals surface area (Å²) in [6.07, 6.45) is 5.97. The van der Waals surface area contributed by atoms with Gasteiger partial charge in [0, 0.05) is 24.9 Å². The first kappa shape index (κ1) is 35.6. The molecule has 4 rings (SSSR count). The topological polar surface area (TPSA) is 164 Å². The number of amides is 2. The fourth-order valence-corrected chi connectivity index (χ4v) is 7.97. The highest BCUT2D eigenvalue weighted by Gasteiger charge is 2.32. The predicted octanol–water partition coefficient (Wildman–Crippen LogP) is 3.39. The molecular formula is C33H44N2O9S2. The van der Waals surface area contributed by atoms with Crippen LogP contribution in [0.1, 0.15) is 66.4 Å². The van der Waals surface area contributed by atoms with Crippen molar-refractivity contribution in [2.45, 2.75) is 70.6 Å². The van der Waals surface area contributed by atoms with Crippen molar-refractivity contribution >= 4 is 37.5 Å². The van der Waals surface area contributed by atoms with E-state index >= 15 is 0 Å². The van der Waals surface area contributed by atoms with E-state index in [1.54, 1.807) is 23.1 Å². The lowest BCUT2D eigenvalue weighted by Gasteiger charge is -2.32. The summed E-state index contributed by atoms with van der Waals surface area (Å²) in [6.45, 7) is 2.26. The molecule has 46 heavy (non-hydrogen) atoms. The quantitative estimate of drug-likeness (QED) is 0.324. The number of hydrogen-bond acceptors (Lipinski definition) is 8. The highest BCUT2D eigenvalue weighted by molar-refractivity contribution is 7.91. The van der Waals surface area contributed by atoms with Gasteiger partial charge in [-0.2, -0.15) is 0 Å². The number of ether oxygens (including phenoxy) is 1. The second-order valence-corrected chi connectivity index (χ2v) is 17.1. The molecule has 0 spiro atoms. The maximum atomic E-state index is 13.6. The molecule has 1 saturated carbocycles. The molecule has 2 fully saturated rings. The van der Waals surface area contributed by atoms with Crippen molar-refractivity contribution in [2.24, 2.45) is 5.92 Å². The van der Waals surface area contributed by atoms with Gasteiger partial charge in [0.2, 0.25) is 0 Å². The van der Waals surface area contributed by atoms with Crippen LogP contribution in [0.3, 0.4) is 0 Å². The van der Waals surface area contributed by atoms with E-state index < -0.39 is 43.7 Å². The van der Waals surface area contributed by atoms with Crippen molar-refractivity contribution in [3.05, 3.63) is 59.2 Å². The average molecular weight is 677 g/mol. The maximum Gasteiger partial charge on any atom is 0.326 e. The van der Waals surface area contributed by atoms with E-state index in [-0.39, 0.29) is 54.8 Å². The van der Waals surface area contributed by atoms with Crippen molar-refractivity contribution in [1.29, 1.82) is 0 Å². The van der Waals surface area contributed by atoms with Crippen molar-refractivity contribution < 1.29 is 41.1 Å². The molecule has 2 atom stereocenters. The van der Waals surface area contributed by atoms with E-state index in [0.29, 0.717) is 23.5 Å². The molecule has 0 aromatic heterocycles. The van der Waals surface area contributed by atoms with Crippen molar-refractivity contribution in [1.82, 2.24) is 10.2 Å². The Balaban J connectivity index is 1.58. The summed E-state index contributed by atoms with van der Waals surface area (Å²) in [5.74, 6) is -2.36. The van der Waals surface area contributed by atoms with Crippen LogP contribution in [0.2, 0.25) is 0 Å². The number of nitrogens with one attached hydrogen (secondary N) is 1. The molecule has 1 aliphatic heterocycles. The lowest BCUT2D eigenvalue weighted by Crippen LogP contribution is -2.48. The Hall–Kier alpha value is -3.29. The number of carboxylic acid groups (broad SMARTS) is 1. The molecule has 2 amide bonds. The minimum Gasteiger partial charge on any atom is -0.480 e. The molecular weight excluding hydrogens is 633 g/mol. The van der Waals surface area contributed by atoms with Gasteiger partial charge in [0.1, 0.15) is 22.0 Å². The summed E-state index contributed by atoms with van der Waals surface area (Å²) in [5, 5.41) is 12.1. The lowest BCUT2D eigenvalue weighted by atomic mass is 9.85. The van der Waals surface area contributed by atoms with Gasteiger partial charge in [-0.05, 0) is 60.1 Å². The zero-order valence-corrected chi connectivity index (χ0v) is 28.1. The fourth-order valence-electron chi connectivity index (χ4n) is 6.10. The third-order valence-electron chi connectivity index (χ3n) is 8.80. The normalized spacial score (nSPS) is 18.4. The zero-order valence-electron chi connectivity index (χ0n) is 26.4. The number of carbonyl (C=O) groups is 3.